The van der Waals surface area contributed by atoms with Crippen molar-refractivity contribution in [2.24, 2.45) is 11.8 Å². The molecular weight excluding hydrogens is 302 g/mol. The van der Waals surface area contributed by atoms with E-state index in [-0.39, 0.29) is 18.4 Å². The van der Waals surface area contributed by atoms with Gasteiger partial charge < -0.3 is 20.6 Å². The number of aliphatic hydroxyl groups excluding tert-OH is 2. The van der Waals surface area contributed by atoms with Crippen LogP contribution in [0.2, 0.25) is 0 Å². The van der Waals surface area contributed by atoms with Crippen LogP contribution in [0.5, 0.6) is 5.75 Å². The van der Waals surface area contributed by atoms with Crippen LogP contribution in [0.4, 0.5) is 0 Å². The minimum Gasteiger partial charge on any atom is -0.508 e. The maximum Gasteiger partial charge on any atom is 0.115 e. The fraction of sp³-hybridized carbons (Fsp3) is 0.600. The highest BCUT2D eigenvalue weighted by Gasteiger charge is 2.17. The highest BCUT2D eigenvalue weighted by molar-refractivity contribution is 5.26. The van der Waals surface area contributed by atoms with Gasteiger partial charge in [0.2, 0.25) is 0 Å². The highest BCUT2D eigenvalue weighted by atomic mass is 16.3. The number of phenolic OH excluding ortho intramolecular Hbond substituents is 1. The van der Waals surface area contributed by atoms with Crippen molar-refractivity contribution in [1.82, 2.24) is 5.32 Å². The molecule has 0 radical (unpaired) electrons. The van der Waals surface area contributed by atoms with E-state index in [4.69, 9.17) is 5.11 Å². The van der Waals surface area contributed by atoms with Crippen molar-refractivity contribution in [1.29, 1.82) is 0 Å². The number of hydrogen-bond acceptors (Lipinski definition) is 4. The van der Waals surface area contributed by atoms with E-state index < -0.39 is 6.10 Å². The highest BCUT2D eigenvalue weighted by Crippen LogP contribution is 2.15. The van der Waals surface area contributed by atoms with Gasteiger partial charge in [-0.1, -0.05) is 38.1 Å². The fourth-order valence-corrected chi connectivity index (χ4v) is 2.90. The van der Waals surface area contributed by atoms with Crippen LogP contribution in [0.15, 0.2) is 36.4 Å². The number of phenols is 1. The molecule has 0 amide bonds. The van der Waals surface area contributed by atoms with Gasteiger partial charge in [0, 0.05) is 12.6 Å². The van der Waals surface area contributed by atoms with Crippen LogP contribution in [0.25, 0.3) is 0 Å². The van der Waals surface area contributed by atoms with Gasteiger partial charge in [0.25, 0.3) is 0 Å². The number of aromatic hydroxyl groups is 1. The number of benzene rings is 1. The SMILES string of the molecule is CN[C@H](Cc1ccc(O)cc1)[C@H](O)CC/C=C/[C@@H](C)C[C@@H](C)CO. The monoisotopic (exact) mass is 335 g/mol. The van der Waals surface area contributed by atoms with Crippen LogP contribution < -0.4 is 5.32 Å². The number of rotatable bonds is 11. The molecule has 4 N–H and O–H groups in total. The number of hydrogen-bond donors (Lipinski definition) is 4. The molecule has 4 nitrogen and oxygen atoms in total. The first-order chi connectivity index (χ1) is 11.5. The van der Waals surface area contributed by atoms with Crippen LogP contribution in [-0.2, 0) is 6.42 Å². The lowest BCUT2D eigenvalue weighted by Gasteiger charge is -2.22. The van der Waals surface area contributed by atoms with Gasteiger partial charge >= 0.3 is 0 Å². The smallest absolute Gasteiger partial charge is 0.115 e. The van der Waals surface area contributed by atoms with Crippen LogP contribution in [0.1, 0.15) is 38.7 Å². The molecule has 0 aliphatic heterocycles. The van der Waals surface area contributed by atoms with E-state index >= 15 is 0 Å². The van der Waals surface area contributed by atoms with Gasteiger partial charge in [0.05, 0.1) is 6.10 Å². The molecule has 0 unspecified atom stereocenters. The van der Waals surface area contributed by atoms with E-state index in [0.717, 1.165) is 24.8 Å². The van der Waals surface area contributed by atoms with Gasteiger partial charge in [0.15, 0.2) is 0 Å². The molecule has 1 aromatic carbocycles. The fourth-order valence-electron chi connectivity index (χ4n) is 2.90. The van der Waals surface area contributed by atoms with Crippen molar-refractivity contribution in [2.75, 3.05) is 13.7 Å². The van der Waals surface area contributed by atoms with Crippen LogP contribution in [0.3, 0.4) is 0 Å². The van der Waals surface area contributed by atoms with E-state index in [0.29, 0.717) is 18.3 Å². The van der Waals surface area contributed by atoms with Gasteiger partial charge in [-0.3, -0.25) is 0 Å². The maximum absolute atomic E-state index is 10.4. The third-order valence-corrected chi connectivity index (χ3v) is 4.41. The molecule has 0 saturated heterocycles. The summed E-state index contributed by atoms with van der Waals surface area (Å²) in [7, 11) is 1.86. The first kappa shape index (κ1) is 20.7. The van der Waals surface area contributed by atoms with E-state index in [1.165, 1.54) is 0 Å². The summed E-state index contributed by atoms with van der Waals surface area (Å²) in [4.78, 5) is 0. The molecule has 1 rings (SSSR count). The molecule has 136 valence electrons. The second-order valence-electron chi connectivity index (χ2n) is 6.84. The Morgan fingerprint density at radius 3 is 2.42 bits per heavy atom. The van der Waals surface area contributed by atoms with E-state index in [2.05, 4.69) is 31.3 Å². The molecule has 1 aromatic rings. The second kappa shape index (κ2) is 11.2. The number of likely N-dealkylation sites (N-methyl/N-ethyl adjacent to an activating group) is 1. The number of aliphatic hydroxyl groups is 2. The van der Waals surface area contributed by atoms with E-state index in [1.54, 1.807) is 12.1 Å². The van der Waals surface area contributed by atoms with E-state index in [1.807, 2.05) is 19.2 Å². The number of allylic oxidation sites excluding steroid dienone is 2. The molecule has 0 saturated carbocycles. The summed E-state index contributed by atoms with van der Waals surface area (Å²) in [6, 6.07) is 7.11. The van der Waals surface area contributed by atoms with E-state index in [9.17, 15) is 10.2 Å². The van der Waals surface area contributed by atoms with Crippen LogP contribution in [0, 0.1) is 11.8 Å². The molecule has 4 atom stereocenters. The van der Waals surface area contributed by atoms with Crippen molar-refractivity contribution in [2.45, 2.75) is 51.7 Å². The van der Waals surface area contributed by atoms with Gasteiger partial charge in [-0.05, 0) is 62.3 Å². The normalized spacial score (nSPS) is 16.9. The number of nitrogens with one attached hydrogen (secondary N) is 1. The van der Waals surface area contributed by atoms with Crippen LogP contribution >= 0.6 is 0 Å². The lowest BCUT2D eigenvalue weighted by molar-refractivity contribution is 0.122. The summed E-state index contributed by atoms with van der Waals surface area (Å²) in [5.41, 5.74) is 1.09. The standard InChI is InChI=1S/C20H33NO3/c1-15(12-16(2)14-22)6-4-5-7-20(24)19(21-3)13-17-8-10-18(23)11-9-17/h4,6,8-11,15-16,19-24H,5,7,12-14H2,1-3H3/b6-4+/t15-,16-,19-,20-/m1/s1. The molecule has 0 bridgehead atoms. The van der Waals surface area contributed by atoms with Crippen molar-refractivity contribution in [3.8, 4) is 5.75 Å². The first-order valence-corrected chi connectivity index (χ1v) is 8.87. The lowest BCUT2D eigenvalue weighted by Crippen LogP contribution is -2.39. The van der Waals surface area contributed by atoms with Crippen molar-refractivity contribution < 1.29 is 15.3 Å². The Labute approximate surface area is 146 Å². The zero-order chi connectivity index (χ0) is 17.9. The summed E-state index contributed by atoms with van der Waals surface area (Å²) in [5.74, 6) is 1.03. The Balaban J connectivity index is 2.38. The Bertz CT molecular complexity index is 472. The molecule has 4 heteroatoms. The Morgan fingerprint density at radius 1 is 1.17 bits per heavy atom. The quantitative estimate of drug-likeness (QED) is 0.469. The Morgan fingerprint density at radius 2 is 1.83 bits per heavy atom. The topological polar surface area (TPSA) is 72.7 Å². The lowest BCUT2D eigenvalue weighted by atomic mass is 9.96. The Hall–Kier alpha value is -1.36. The third-order valence-electron chi connectivity index (χ3n) is 4.41. The first-order valence-electron chi connectivity index (χ1n) is 8.87. The summed E-state index contributed by atoms with van der Waals surface area (Å²) in [6.45, 7) is 4.44. The zero-order valence-electron chi connectivity index (χ0n) is 15.2. The third kappa shape index (κ3) is 7.95. The predicted molar refractivity (Wildman–Crippen MR) is 99.1 cm³/mol. The van der Waals surface area contributed by atoms with Gasteiger partial charge in [0.1, 0.15) is 5.75 Å². The molecular formula is C20H33NO3. The summed E-state index contributed by atoms with van der Waals surface area (Å²) in [6.07, 6.45) is 7.15. The summed E-state index contributed by atoms with van der Waals surface area (Å²) in [5, 5.41) is 32.0. The average Bonchev–Trinajstić information content (AvgIpc) is 2.57. The minimum absolute atomic E-state index is 0.00484. The molecule has 0 spiro atoms. The summed E-state index contributed by atoms with van der Waals surface area (Å²) < 4.78 is 0. The van der Waals surface area contributed by atoms with Crippen molar-refractivity contribution >= 4 is 0 Å². The zero-order valence-corrected chi connectivity index (χ0v) is 15.2. The van der Waals surface area contributed by atoms with Crippen LogP contribution in [-0.4, -0.2) is 41.1 Å². The molecule has 0 aliphatic rings. The average molecular weight is 335 g/mol. The molecule has 0 aromatic heterocycles. The molecule has 0 fully saturated rings. The largest absolute Gasteiger partial charge is 0.508 e. The predicted octanol–water partition coefficient (Wildman–Crippen LogP) is 2.87. The van der Waals surface area contributed by atoms with Gasteiger partial charge in [-0.15, -0.1) is 0 Å². The second-order valence-corrected chi connectivity index (χ2v) is 6.84. The molecule has 24 heavy (non-hydrogen) atoms. The van der Waals surface area contributed by atoms with Gasteiger partial charge in [-0.2, -0.15) is 0 Å². The van der Waals surface area contributed by atoms with Gasteiger partial charge in [-0.25, -0.2) is 0 Å². The Kier molecular flexibility index (Phi) is 9.69. The van der Waals surface area contributed by atoms with Crippen molar-refractivity contribution in [3.63, 3.8) is 0 Å². The summed E-state index contributed by atoms with van der Waals surface area (Å²) >= 11 is 0. The molecule has 0 heterocycles. The van der Waals surface area contributed by atoms with Crippen molar-refractivity contribution in [3.05, 3.63) is 42.0 Å². The maximum atomic E-state index is 10.4. The molecule has 0 aliphatic carbocycles. The minimum atomic E-state index is -0.417.